The molecule has 2 aliphatic rings. The van der Waals surface area contributed by atoms with Gasteiger partial charge in [0.15, 0.2) is 5.96 Å². The number of hydrogen-bond acceptors (Lipinski definition) is 2. The fraction of sp³-hybridized carbons (Fsp3) is 0.941. The first-order valence-electron chi connectivity index (χ1n) is 8.57. The third-order valence-corrected chi connectivity index (χ3v) is 5.30. The van der Waals surface area contributed by atoms with Crippen LogP contribution in [0.5, 0.6) is 0 Å². The van der Waals surface area contributed by atoms with E-state index >= 15 is 0 Å². The molecule has 1 saturated carbocycles. The number of fused-ring (bicyclic) bond motifs is 1. The zero-order valence-corrected chi connectivity index (χ0v) is 14.6. The molecule has 0 aromatic carbocycles. The van der Waals surface area contributed by atoms with Crippen molar-refractivity contribution in [2.45, 2.75) is 72.6 Å². The quantitative estimate of drug-likeness (QED) is 0.619. The predicted octanol–water partition coefficient (Wildman–Crippen LogP) is 2.79. The molecule has 21 heavy (non-hydrogen) atoms. The van der Waals surface area contributed by atoms with Crippen LogP contribution in [-0.4, -0.2) is 37.3 Å². The second-order valence-corrected chi connectivity index (χ2v) is 7.54. The lowest BCUT2D eigenvalue weighted by molar-refractivity contribution is -0.188. The highest BCUT2D eigenvalue weighted by Crippen LogP contribution is 2.51. The predicted molar refractivity (Wildman–Crippen MR) is 88.6 cm³/mol. The number of rotatable bonds is 4. The molecule has 4 unspecified atom stereocenters. The fourth-order valence-corrected chi connectivity index (χ4v) is 3.64. The van der Waals surface area contributed by atoms with Crippen molar-refractivity contribution < 1.29 is 4.74 Å². The highest BCUT2D eigenvalue weighted by atomic mass is 16.5. The largest absolute Gasteiger partial charge is 0.377 e. The average molecular weight is 295 g/mol. The van der Waals surface area contributed by atoms with E-state index in [0.29, 0.717) is 30.0 Å². The molecule has 1 saturated heterocycles. The Labute approximate surface area is 130 Å². The van der Waals surface area contributed by atoms with Gasteiger partial charge in [-0.1, -0.05) is 27.7 Å². The zero-order chi connectivity index (χ0) is 15.6. The summed E-state index contributed by atoms with van der Waals surface area (Å²) in [5.74, 6) is 2.18. The SMILES string of the molecule is CCN=C(NC(C)C(C)C)NC1C2CCCOC2C1(C)C. The van der Waals surface area contributed by atoms with Gasteiger partial charge in [-0.05, 0) is 32.6 Å². The van der Waals surface area contributed by atoms with Crippen LogP contribution in [0.2, 0.25) is 0 Å². The Morgan fingerprint density at radius 1 is 1.33 bits per heavy atom. The topological polar surface area (TPSA) is 45.7 Å². The first-order chi connectivity index (χ1) is 9.87. The molecule has 4 nitrogen and oxygen atoms in total. The van der Waals surface area contributed by atoms with Gasteiger partial charge >= 0.3 is 0 Å². The molecule has 1 aliphatic carbocycles. The summed E-state index contributed by atoms with van der Waals surface area (Å²) in [6.07, 6.45) is 2.87. The van der Waals surface area contributed by atoms with Crippen LogP contribution in [0.3, 0.4) is 0 Å². The minimum absolute atomic E-state index is 0.183. The first-order valence-corrected chi connectivity index (χ1v) is 8.57. The van der Waals surface area contributed by atoms with Crippen LogP contribution in [0.1, 0.15) is 54.4 Å². The Morgan fingerprint density at radius 2 is 2.05 bits per heavy atom. The number of nitrogens with one attached hydrogen (secondary N) is 2. The minimum atomic E-state index is 0.183. The number of nitrogens with zero attached hydrogens (tertiary/aromatic N) is 1. The van der Waals surface area contributed by atoms with Crippen LogP contribution in [-0.2, 0) is 4.74 Å². The van der Waals surface area contributed by atoms with E-state index in [4.69, 9.17) is 4.74 Å². The van der Waals surface area contributed by atoms with E-state index in [1.165, 1.54) is 12.8 Å². The number of aliphatic imine (C=N–C) groups is 1. The van der Waals surface area contributed by atoms with Gasteiger partial charge in [-0.3, -0.25) is 4.99 Å². The molecule has 1 heterocycles. The maximum absolute atomic E-state index is 5.98. The third kappa shape index (κ3) is 3.36. The van der Waals surface area contributed by atoms with Crippen molar-refractivity contribution in [3.8, 4) is 0 Å². The summed E-state index contributed by atoms with van der Waals surface area (Å²) in [4.78, 5) is 4.63. The highest BCUT2D eigenvalue weighted by Gasteiger charge is 2.58. The smallest absolute Gasteiger partial charge is 0.191 e. The van der Waals surface area contributed by atoms with Crippen molar-refractivity contribution in [2.75, 3.05) is 13.2 Å². The monoisotopic (exact) mass is 295 g/mol. The summed E-state index contributed by atoms with van der Waals surface area (Å²) >= 11 is 0. The van der Waals surface area contributed by atoms with E-state index in [1.807, 2.05) is 0 Å². The zero-order valence-electron chi connectivity index (χ0n) is 14.6. The summed E-state index contributed by atoms with van der Waals surface area (Å²) in [5.41, 5.74) is 0.183. The first kappa shape index (κ1) is 16.6. The van der Waals surface area contributed by atoms with Gasteiger partial charge in [0.1, 0.15) is 0 Å². The number of hydrogen-bond donors (Lipinski definition) is 2. The maximum atomic E-state index is 5.98. The Kier molecular flexibility index (Phi) is 5.18. The average Bonchev–Trinajstić information content (AvgIpc) is 2.44. The van der Waals surface area contributed by atoms with Crippen LogP contribution >= 0.6 is 0 Å². The van der Waals surface area contributed by atoms with E-state index in [-0.39, 0.29) is 5.41 Å². The molecule has 2 fully saturated rings. The normalized spacial score (nSPS) is 33.1. The molecule has 0 bridgehead atoms. The second kappa shape index (κ2) is 6.55. The van der Waals surface area contributed by atoms with Crippen molar-refractivity contribution in [1.82, 2.24) is 10.6 Å². The third-order valence-electron chi connectivity index (χ3n) is 5.30. The Morgan fingerprint density at radius 3 is 2.67 bits per heavy atom. The summed E-state index contributed by atoms with van der Waals surface area (Å²) in [5, 5.41) is 7.24. The van der Waals surface area contributed by atoms with Gasteiger partial charge in [0, 0.05) is 36.6 Å². The summed E-state index contributed by atoms with van der Waals surface area (Å²) in [6.45, 7) is 15.1. The van der Waals surface area contributed by atoms with Crippen LogP contribution in [0.15, 0.2) is 4.99 Å². The van der Waals surface area contributed by atoms with E-state index in [1.54, 1.807) is 0 Å². The van der Waals surface area contributed by atoms with E-state index < -0.39 is 0 Å². The molecule has 0 radical (unpaired) electrons. The van der Waals surface area contributed by atoms with E-state index in [9.17, 15) is 0 Å². The van der Waals surface area contributed by atoms with Crippen molar-refractivity contribution in [2.24, 2.45) is 22.2 Å². The second-order valence-electron chi connectivity index (χ2n) is 7.54. The standard InChI is InChI=1S/C17H33N3O/c1-7-18-16(19-12(4)11(2)3)20-14-13-9-8-10-21-15(13)17(14,5)6/h11-15H,7-10H2,1-6H3,(H2,18,19,20). The van der Waals surface area contributed by atoms with Crippen molar-refractivity contribution in [3.63, 3.8) is 0 Å². The van der Waals surface area contributed by atoms with Gasteiger partial charge in [-0.25, -0.2) is 0 Å². The molecule has 0 aromatic rings. The number of ether oxygens (including phenoxy) is 1. The van der Waals surface area contributed by atoms with Crippen molar-refractivity contribution >= 4 is 5.96 Å². The summed E-state index contributed by atoms with van der Waals surface area (Å²) in [7, 11) is 0. The molecule has 4 atom stereocenters. The fourth-order valence-electron chi connectivity index (χ4n) is 3.64. The van der Waals surface area contributed by atoms with Gasteiger partial charge in [0.2, 0.25) is 0 Å². The molecule has 1 aliphatic heterocycles. The Balaban J connectivity index is 2.01. The Hall–Kier alpha value is -0.770. The van der Waals surface area contributed by atoms with Gasteiger partial charge in [0.25, 0.3) is 0 Å². The minimum Gasteiger partial charge on any atom is -0.377 e. The molecule has 4 heteroatoms. The lowest BCUT2D eigenvalue weighted by atomic mass is 9.55. The molecule has 0 amide bonds. The molecule has 2 N–H and O–H groups in total. The van der Waals surface area contributed by atoms with Crippen LogP contribution in [0.4, 0.5) is 0 Å². The van der Waals surface area contributed by atoms with Gasteiger partial charge < -0.3 is 15.4 Å². The van der Waals surface area contributed by atoms with Gasteiger partial charge in [-0.2, -0.15) is 0 Å². The molecule has 0 spiro atoms. The molecular formula is C17H33N3O. The lowest BCUT2D eigenvalue weighted by Crippen LogP contribution is -2.71. The number of guanidine groups is 1. The summed E-state index contributed by atoms with van der Waals surface area (Å²) in [6, 6.07) is 0.879. The van der Waals surface area contributed by atoms with Crippen LogP contribution in [0.25, 0.3) is 0 Å². The van der Waals surface area contributed by atoms with Crippen molar-refractivity contribution in [1.29, 1.82) is 0 Å². The van der Waals surface area contributed by atoms with Gasteiger partial charge in [0.05, 0.1) is 6.10 Å². The Bertz CT molecular complexity index is 378. The molecule has 122 valence electrons. The van der Waals surface area contributed by atoms with Crippen LogP contribution < -0.4 is 10.6 Å². The maximum Gasteiger partial charge on any atom is 0.191 e. The van der Waals surface area contributed by atoms with E-state index in [2.05, 4.69) is 57.2 Å². The molecular weight excluding hydrogens is 262 g/mol. The summed E-state index contributed by atoms with van der Waals surface area (Å²) < 4.78 is 5.98. The van der Waals surface area contributed by atoms with Gasteiger partial charge in [-0.15, -0.1) is 0 Å². The highest BCUT2D eigenvalue weighted by molar-refractivity contribution is 5.80. The molecule has 0 aromatic heterocycles. The lowest BCUT2D eigenvalue weighted by Gasteiger charge is -2.60. The molecule has 2 rings (SSSR count). The van der Waals surface area contributed by atoms with Crippen molar-refractivity contribution in [3.05, 3.63) is 0 Å². The van der Waals surface area contributed by atoms with Crippen LogP contribution in [0, 0.1) is 17.3 Å². The van der Waals surface area contributed by atoms with E-state index in [0.717, 1.165) is 19.1 Å².